The summed E-state index contributed by atoms with van der Waals surface area (Å²) in [6, 6.07) is 15.3. The first kappa shape index (κ1) is 22.8. The number of pyridine rings is 1. The summed E-state index contributed by atoms with van der Waals surface area (Å²) in [5, 5.41) is 2.35. The second-order valence-electron chi connectivity index (χ2n) is 11.1. The molecule has 37 heavy (non-hydrogen) atoms. The summed E-state index contributed by atoms with van der Waals surface area (Å²) in [6.45, 7) is 14.0. The van der Waals surface area contributed by atoms with Gasteiger partial charge in [0.25, 0.3) is 0 Å². The largest absolute Gasteiger partial charge is 0.371 e. The Kier molecular flexibility index (Phi) is 5.12. The Balaban J connectivity index is 1.30. The molecule has 1 saturated heterocycles. The molecule has 0 amide bonds. The third-order valence-corrected chi connectivity index (χ3v) is 9.61. The number of hydrogen-bond acceptors (Lipinski definition) is 4. The van der Waals surface area contributed by atoms with Crippen LogP contribution in [0.15, 0.2) is 55.2 Å². The fourth-order valence-electron chi connectivity index (χ4n) is 6.24. The van der Waals surface area contributed by atoms with E-state index in [1.54, 1.807) is 11.3 Å². The molecule has 1 aromatic carbocycles. The van der Waals surface area contributed by atoms with Gasteiger partial charge in [-0.3, -0.25) is 0 Å². The van der Waals surface area contributed by atoms with E-state index in [0.29, 0.717) is 5.41 Å². The van der Waals surface area contributed by atoms with Crippen LogP contribution in [0.5, 0.6) is 0 Å². The van der Waals surface area contributed by atoms with Crippen molar-refractivity contribution in [3.8, 4) is 11.4 Å². The molecule has 5 aromatic rings. The Bertz CT molecular complexity index is 1680. The molecule has 0 unspecified atom stereocenters. The number of hydrogen-bond donors (Lipinski definition) is 0. The number of aryl methyl sites for hydroxylation is 3. The third kappa shape index (κ3) is 3.81. The van der Waals surface area contributed by atoms with E-state index in [-0.39, 0.29) is 0 Å². The van der Waals surface area contributed by atoms with E-state index in [0.717, 1.165) is 58.8 Å². The second-order valence-corrected chi connectivity index (χ2v) is 12.4. The van der Waals surface area contributed by atoms with Crippen molar-refractivity contribution >= 4 is 33.6 Å². The van der Waals surface area contributed by atoms with Crippen LogP contribution in [0.25, 0.3) is 33.6 Å². The number of benzene rings is 1. The molecule has 1 spiro atoms. The molecule has 188 valence electrons. The van der Waals surface area contributed by atoms with Crippen LogP contribution in [-0.2, 0) is 6.54 Å². The van der Waals surface area contributed by atoms with Crippen molar-refractivity contribution in [2.45, 2.75) is 53.0 Å². The molecule has 0 N–H and O–H groups in total. The van der Waals surface area contributed by atoms with Gasteiger partial charge in [-0.25, -0.2) is 9.97 Å². The van der Waals surface area contributed by atoms with Crippen molar-refractivity contribution < 1.29 is 0 Å². The number of para-hydroxylation sites is 1. The first-order chi connectivity index (χ1) is 17.9. The number of piperidine rings is 1. The van der Waals surface area contributed by atoms with E-state index in [9.17, 15) is 0 Å². The molecule has 0 bridgehead atoms. The number of imidazole rings is 1. The average molecular weight is 508 g/mol. The Morgan fingerprint density at radius 2 is 1.89 bits per heavy atom. The van der Waals surface area contributed by atoms with E-state index in [4.69, 9.17) is 4.98 Å². The van der Waals surface area contributed by atoms with E-state index in [2.05, 4.69) is 94.9 Å². The summed E-state index contributed by atoms with van der Waals surface area (Å²) in [5.74, 6) is 0. The summed E-state index contributed by atoms with van der Waals surface area (Å²) in [5.41, 5.74) is 9.56. The van der Waals surface area contributed by atoms with Crippen LogP contribution in [-0.4, -0.2) is 36.9 Å². The van der Waals surface area contributed by atoms with Crippen molar-refractivity contribution in [3.05, 3.63) is 82.1 Å². The highest BCUT2D eigenvalue weighted by atomic mass is 32.1. The Morgan fingerprint density at radius 3 is 2.68 bits per heavy atom. The highest BCUT2D eigenvalue weighted by Crippen LogP contribution is 2.53. The zero-order chi connectivity index (χ0) is 25.3. The Hall–Kier alpha value is -3.38. The molecule has 7 rings (SSSR count). The highest BCUT2D eigenvalue weighted by molar-refractivity contribution is 7.11. The van der Waals surface area contributed by atoms with Crippen LogP contribution in [0.1, 0.15) is 52.5 Å². The quantitative estimate of drug-likeness (QED) is 0.252. The first-order valence-corrected chi connectivity index (χ1v) is 14.2. The van der Waals surface area contributed by atoms with Gasteiger partial charge in [0.05, 0.1) is 22.9 Å². The molecular weight excluding hydrogens is 474 g/mol. The second kappa shape index (κ2) is 8.32. The number of rotatable bonds is 5. The van der Waals surface area contributed by atoms with E-state index in [1.165, 1.54) is 47.0 Å². The molecule has 1 aliphatic heterocycles. The lowest BCUT2D eigenvalue weighted by molar-refractivity contribution is 0.230. The average Bonchev–Trinajstić information content (AvgIpc) is 3.24. The zero-order valence-electron chi connectivity index (χ0n) is 21.9. The number of fused-ring (bicyclic) bond motifs is 2. The van der Waals surface area contributed by atoms with Crippen LogP contribution in [0, 0.1) is 26.2 Å². The summed E-state index contributed by atoms with van der Waals surface area (Å²) in [7, 11) is 0. The third-order valence-electron chi connectivity index (χ3n) is 8.55. The lowest BCUT2D eigenvalue weighted by Crippen LogP contribution is -2.34. The van der Waals surface area contributed by atoms with Crippen LogP contribution in [0.4, 0.5) is 0 Å². The molecule has 6 heteroatoms. The normalized spacial score (nSPS) is 16.8. The smallest absolute Gasteiger partial charge is 0.138 e. The Morgan fingerprint density at radius 1 is 1.05 bits per heavy atom. The van der Waals surface area contributed by atoms with Crippen molar-refractivity contribution in [3.63, 3.8) is 0 Å². The minimum Gasteiger partial charge on any atom is -0.371 e. The van der Waals surface area contributed by atoms with Crippen molar-refractivity contribution in [1.82, 2.24) is 23.8 Å². The fourth-order valence-corrected chi connectivity index (χ4v) is 7.16. The SMILES string of the molecule is C=C(c1ccn2c(C)c(-c3cc4ccccc4n3Cc3sc(C)nc3C)nc2c1)N1CCCC2(CC2)C1. The molecule has 0 radical (unpaired) electrons. The standard InChI is InChI=1S/C31H33N5S/c1-20-28(37-23(4)32-20)18-36-26-9-6-5-8-25(26)16-27(36)30-22(3)35-15-10-24(17-29(35)33-30)21(2)34-14-7-11-31(19-34)12-13-31/h5-6,8-10,15-17H,2,7,11-14,18-19H2,1,3-4H3. The van der Waals surface area contributed by atoms with Gasteiger partial charge in [-0.1, -0.05) is 24.8 Å². The summed E-state index contributed by atoms with van der Waals surface area (Å²) < 4.78 is 4.63. The van der Waals surface area contributed by atoms with E-state index < -0.39 is 0 Å². The number of likely N-dealkylation sites (tertiary alicyclic amines) is 1. The zero-order valence-corrected chi connectivity index (χ0v) is 22.7. The molecule has 2 fully saturated rings. The molecule has 5 nitrogen and oxygen atoms in total. The van der Waals surface area contributed by atoms with Crippen LogP contribution in [0.3, 0.4) is 0 Å². The Labute approximate surface area is 222 Å². The summed E-state index contributed by atoms with van der Waals surface area (Å²) in [6.07, 6.45) is 7.59. The minimum atomic E-state index is 0.574. The monoisotopic (exact) mass is 507 g/mol. The number of nitrogens with zero attached hydrogens (tertiary/aromatic N) is 5. The van der Waals surface area contributed by atoms with Gasteiger partial charge in [0.2, 0.25) is 0 Å². The maximum atomic E-state index is 5.21. The molecule has 0 atom stereocenters. The van der Waals surface area contributed by atoms with Gasteiger partial charge in [0, 0.05) is 52.0 Å². The number of thiazole rings is 1. The van der Waals surface area contributed by atoms with Crippen molar-refractivity contribution in [1.29, 1.82) is 0 Å². The summed E-state index contributed by atoms with van der Waals surface area (Å²) in [4.78, 5) is 13.7. The minimum absolute atomic E-state index is 0.574. The predicted molar refractivity (Wildman–Crippen MR) is 153 cm³/mol. The predicted octanol–water partition coefficient (Wildman–Crippen LogP) is 7.23. The highest BCUT2D eigenvalue weighted by Gasteiger charge is 2.45. The van der Waals surface area contributed by atoms with Crippen molar-refractivity contribution in [2.75, 3.05) is 13.1 Å². The fraction of sp³-hybridized carbons (Fsp3) is 0.355. The van der Waals surface area contributed by atoms with Gasteiger partial charge < -0.3 is 13.9 Å². The van der Waals surface area contributed by atoms with Gasteiger partial charge >= 0.3 is 0 Å². The molecule has 5 heterocycles. The van der Waals surface area contributed by atoms with Crippen LogP contribution >= 0.6 is 11.3 Å². The molecule has 2 aliphatic rings. The van der Waals surface area contributed by atoms with Crippen molar-refractivity contribution in [2.24, 2.45) is 5.41 Å². The van der Waals surface area contributed by atoms with E-state index in [1.807, 2.05) is 0 Å². The lowest BCUT2D eigenvalue weighted by atomic mass is 9.94. The van der Waals surface area contributed by atoms with Gasteiger partial charge in [0.15, 0.2) is 0 Å². The summed E-state index contributed by atoms with van der Waals surface area (Å²) >= 11 is 1.79. The maximum Gasteiger partial charge on any atom is 0.138 e. The lowest BCUT2D eigenvalue weighted by Gasteiger charge is -2.36. The van der Waals surface area contributed by atoms with Gasteiger partial charge in [-0.15, -0.1) is 11.3 Å². The maximum absolute atomic E-state index is 5.21. The molecule has 4 aromatic heterocycles. The van der Waals surface area contributed by atoms with Crippen LogP contribution in [0.2, 0.25) is 0 Å². The first-order valence-electron chi connectivity index (χ1n) is 13.4. The van der Waals surface area contributed by atoms with Gasteiger partial charge in [-0.2, -0.15) is 0 Å². The number of aromatic nitrogens is 4. The van der Waals surface area contributed by atoms with Gasteiger partial charge in [0.1, 0.15) is 11.3 Å². The molecular formula is C31H33N5S. The topological polar surface area (TPSA) is 38.4 Å². The molecule has 1 aliphatic carbocycles. The molecule has 1 saturated carbocycles. The van der Waals surface area contributed by atoms with E-state index >= 15 is 0 Å². The van der Waals surface area contributed by atoms with Gasteiger partial charge in [-0.05, 0) is 76.1 Å². The van der Waals surface area contributed by atoms with Crippen LogP contribution < -0.4 is 0 Å².